The van der Waals surface area contributed by atoms with Gasteiger partial charge in [0.25, 0.3) is 0 Å². The van der Waals surface area contributed by atoms with E-state index in [0.29, 0.717) is 17.7 Å². The summed E-state index contributed by atoms with van der Waals surface area (Å²) in [5, 5.41) is 22.8. The van der Waals surface area contributed by atoms with Gasteiger partial charge < -0.3 is 10.2 Å². The number of nitrogens with one attached hydrogen (secondary N) is 1. The van der Waals surface area contributed by atoms with Crippen molar-refractivity contribution < 1.29 is 15.0 Å². The summed E-state index contributed by atoms with van der Waals surface area (Å²) in [6.45, 7) is 3.76. The molecular formula is C14H20N2O3. The fourth-order valence-electron chi connectivity index (χ4n) is 1.62. The van der Waals surface area contributed by atoms with Crippen LogP contribution in [0.25, 0.3) is 0 Å². The van der Waals surface area contributed by atoms with Crippen LogP contribution in [-0.2, 0) is 4.79 Å². The number of phenolic OH excluding ortho intramolecular Hbond substituents is 2. The maximum absolute atomic E-state index is 11.5. The fraction of sp³-hybridized carbons (Fsp3) is 0.429. The highest BCUT2D eigenvalue weighted by molar-refractivity contribution is 6.01. The monoisotopic (exact) mass is 264 g/mol. The molecule has 1 amide bonds. The summed E-state index contributed by atoms with van der Waals surface area (Å²) in [4.78, 5) is 11.5. The number of unbranched alkanes of at least 4 members (excludes halogenated alkanes) is 2. The first-order chi connectivity index (χ1) is 9.04. The van der Waals surface area contributed by atoms with Crippen LogP contribution in [0.2, 0.25) is 0 Å². The second-order valence-electron chi connectivity index (χ2n) is 4.39. The molecule has 1 rings (SSSR count). The van der Waals surface area contributed by atoms with Gasteiger partial charge in [0, 0.05) is 18.1 Å². The van der Waals surface area contributed by atoms with Gasteiger partial charge in [0.2, 0.25) is 5.91 Å². The van der Waals surface area contributed by atoms with Crippen molar-refractivity contribution in [1.29, 1.82) is 0 Å². The second-order valence-corrected chi connectivity index (χ2v) is 4.39. The number of carbonyl (C=O) groups is 1. The lowest BCUT2D eigenvalue weighted by Crippen LogP contribution is -2.18. The van der Waals surface area contributed by atoms with E-state index in [-0.39, 0.29) is 17.4 Å². The van der Waals surface area contributed by atoms with E-state index in [4.69, 9.17) is 0 Å². The zero-order valence-corrected chi connectivity index (χ0v) is 11.3. The number of rotatable bonds is 6. The smallest absolute Gasteiger partial charge is 0.240 e. The molecule has 0 aliphatic rings. The first kappa shape index (κ1) is 15.0. The van der Waals surface area contributed by atoms with Gasteiger partial charge in [-0.15, -0.1) is 0 Å². The quantitative estimate of drug-likeness (QED) is 0.419. The van der Waals surface area contributed by atoms with Gasteiger partial charge >= 0.3 is 0 Å². The van der Waals surface area contributed by atoms with E-state index in [0.717, 1.165) is 19.3 Å². The molecule has 19 heavy (non-hydrogen) atoms. The number of amides is 1. The predicted molar refractivity (Wildman–Crippen MR) is 74.3 cm³/mol. The van der Waals surface area contributed by atoms with Crippen LogP contribution < -0.4 is 5.43 Å². The van der Waals surface area contributed by atoms with Crippen molar-refractivity contribution in [3.05, 3.63) is 23.8 Å². The van der Waals surface area contributed by atoms with Gasteiger partial charge in [-0.2, -0.15) is 5.10 Å². The van der Waals surface area contributed by atoms with Crippen LogP contribution in [0.3, 0.4) is 0 Å². The number of phenols is 2. The van der Waals surface area contributed by atoms with Gasteiger partial charge in [-0.3, -0.25) is 4.79 Å². The van der Waals surface area contributed by atoms with E-state index in [1.165, 1.54) is 12.1 Å². The molecule has 5 heteroatoms. The van der Waals surface area contributed by atoms with Gasteiger partial charge in [0.15, 0.2) is 0 Å². The summed E-state index contributed by atoms with van der Waals surface area (Å²) in [6.07, 6.45) is 3.39. The molecule has 0 spiro atoms. The predicted octanol–water partition coefficient (Wildman–Crippen LogP) is 2.52. The molecule has 0 fully saturated rings. The number of hydrazone groups is 1. The fourth-order valence-corrected chi connectivity index (χ4v) is 1.62. The highest BCUT2D eigenvalue weighted by Crippen LogP contribution is 2.22. The van der Waals surface area contributed by atoms with Gasteiger partial charge in [-0.25, -0.2) is 5.43 Å². The third-order valence-corrected chi connectivity index (χ3v) is 2.73. The standard InChI is InChI=1S/C14H20N2O3/c1-3-4-5-6-14(19)16-15-10(2)12-8-7-11(17)9-13(12)18/h7-9,17-18H,3-6H2,1-2H3,(H,16,19). The minimum absolute atomic E-state index is 0.0161. The van der Waals surface area contributed by atoms with Crippen LogP contribution in [0.4, 0.5) is 0 Å². The molecular weight excluding hydrogens is 244 g/mol. The first-order valence-electron chi connectivity index (χ1n) is 6.40. The molecule has 5 nitrogen and oxygen atoms in total. The number of benzene rings is 1. The molecule has 0 bridgehead atoms. The Bertz CT molecular complexity index is 470. The molecule has 0 aliphatic heterocycles. The summed E-state index contributed by atoms with van der Waals surface area (Å²) in [5.41, 5.74) is 3.42. The number of aromatic hydroxyl groups is 2. The highest BCUT2D eigenvalue weighted by atomic mass is 16.3. The minimum Gasteiger partial charge on any atom is -0.508 e. The Balaban J connectivity index is 2.59. The van der Waals surface area contributed by atoms with E-state index in [1.54, 1.807) is 13.0 Å². The highest BCUT2D eigenvalue weighted by Gasteiger charge is 2.06. The van der Waals surface area contributed by atoms with E-state index in [1.807, 2.05) is 0 Å². The Morgan fingerprint density at radius 1 is 1.32 bits per heavy atom. The van der Waals surface area contributed by atoms with E-state index in [2.05, 4.69) is 17.5 Å². The first-order valence-corrected chi connectivity index (χ1v) is 6.40. The van der Waals surface area contributed by atoms with E-state index >= 15 is 0 Å². The Kier molecular flexibility index (Phi) is 5.85. The van der Waals surface area contributed by atoms with Crippen molar-refractivity contribution in [3.63, 3.8) is 0 Å². The lowest BCUT2D eigenvalue weighted by Gasteiger charge is -2.05. The van der Waals surface area contributed by atoms with Crippen molar-refractivity contribution in [2.45, 2.75) is 39.5 Å². The molecule has 0 radical (unpaired) electrons. The minimum atomic E-state index is -0.133. The molecule has 0 aliphatic carbocycles. The van der Waals surface area contributed by atoms with Gasteiger partial charge in [0.1, 0.15) is 11.5 Å². The molecule has 0 unspecified atom stereocenters. The SMILES string of the molecule is CCCCCC(=O)NN=C(C)c1ccc(O)cc1O. The summed E-state index contributed by atoms with van der Waals surface area (Å²) < 4.78 is 0. The Morgan fingerprint density at radius 3 is 2.68 bits per heavy atom. The van der Waals surface area contributed by atoms with Crippen molar-refractivity contribution in [1.82, 2.24) is 5.43 Å². The van der Waals surface area contributed by atoms with Crippen LogP contribution in [0, 0.1) is 0 Å². The zero-order valence-electron chi connectivity index (χ0n) is 11.3. The van der Waals surface area contributed by atoms with Crippen LogP contribution >= 0.6 is 0 Å². The lowest BCUT2D eigenvalue weighted by molar-refractivity contribution is -0.121. The number of nitrogens with zero attached hydrogens (tertiary/aromatic N) is 1. The number of hydrogen-bond donors (Lipinski definition) is 3. The Hall–Kier alpha value is -2.04. The van der Waals surface area contributed by atoms with Crippen molar-refractivity contribution in [2.75, 3.05) is 0 Å². The van der Waals surface area contributed by atoms with Crippen LogP contribution in [0.1, 0.15) is 45.1 Å². The molecule has 0 saturated heterocycles. The second kappa shape index (κ2) is 7.41. The summed E-state index contributed by atoms with van der Waals surface area (Å²) in [5.74, 6) is -0.217. The lowest BCUT2D eigenvalue weighted by atomic mass is 10.1. The molecule has 0 saturated carbocycles. The molecule has 3 N–H and O–H groups in total. The zero-order chi connectivity index (χ0) is 14.3. The van der Waals surface area contributed by atoms with Crippen molar-refractivity contribution in [2.24, 2.45) is 5.10 Å². The average molecular weight is 264 g/mol. The van der Waals surface area contributed by atoms with Gasteiger partial charge in [0.05, 0.1) is 5.71 Å². The maximum Gasteiger partial charge on any atom is 0.240 e. The van der Waals surface area contributed by atoms with Crippen molar-refractivity contribution >= 4 is 11.6 Å². The van der Waals surface area contributed by atoms with Crippen LogP contribution in [0.15, 0.2) is 23.3 Å². The maximum atomic E-state index is 11.5. The molecule has 1 aromatic carbocycles. The Labute approximate surface area is 113 Å². The number of carbonyl (C=O) groups excluding carboxylic acids is 1. The summed E-state index contributed by atoms with van der Waals surface area (Å²) in [7, 11) is 0. The van der Waals surface area contributed by atoms with Crippen LogP contribution in [-0.4, -0.2) is 21.8 Å². The van der Waals surface area contributed by atoms with Gasteiger partial charge in [-0.05, 0) is 25.5 Å². The molecule has 0 atom stereocenters. The number of hydrogen-bond acceptors (Lipinski definition) is 4. The van der Waals surface area contributed by atoms with Gasteiger partial charge in [-0.1, -0.05) is 19.8 Å². The topological polar surface area (TPSA) is 81.9 Å². The normalized spacial score (nSPS) is 11.4. The van der Waals surface area contributed by atoms with E-state index < -0.39 is 0 Å². The largest absolute Gasteiger partial charge is 0.508 e. The Morgan fingerprint density at radius 2 is 2.05 bits per heavy atom. The summed E-state index contributed by atoms with van der Waals surface area (Å²) in [6, 6.07) is 4.24. The van der Waals surface area contributed by atoms with Crippen LogP contribution in [0.5, 0.6) is 11.5 Å². The molecule has 0 heterocycles. The molecule has 1 aromatic rings. The van der Waals surface area contributed by atoms with Crippen molar-refractivity contribution in [3.8, 4) is 11.5 Å². The average Bonchev–Trinajstić information content (AvgIpc) is 2.36. The van der Waals surface area contributed by atoms with E-state index in [9.17, 15) is 15.0 Å². The molecule has 0 aromatic heterocycles. The third kappa shape index (κ3) is 4.99. The third-order valence-electron chi connectivity index (χ3n) is 2.73. The summed E-state index contributed by atoms with van der Waals surface area (Å²) >= 11 is 0. The molecule has 104 valence electrons.